The van der Waals surface area contributed by atoms with E-state index in [1.165, 1.54) is 32.1 Å². The van der Waals surface area contributed by atoms with Crippen LogP contribution in [-0.4, -0.2) is 45.0 Å². The van der Waals surface area contributed by atoms with E-state index in [4.69, 9.17) is 9.72 Å². The normalized spacial score (nSPS) is 24.0. The van der Waals surface area contributed by atoms with Gasteiger partial charge in [-0.2, -0.15) is 0 Å². The highest BCUT2D eigenvalue weighted by Crippen LogP contribution is 2.35. The van der Waals surface area contributed by atoms with Gasteiger partial charge >= 0.3 is 0 Å². The molecule has 1 unspecified atom stereocenters. The number of imidazole rings is 1. The van der Waals surface area contributed by atoms with Crippen LogP contribution in [0, 0.1) is 5.92 Å². The highest BCUT2D eigenvalue weighted by atomic mass is 16.5. The summed E-state index contributed by atoms with van der Waals surface area (Å²) < 4.78 is 8.30. The first kappa shape index (κ1) is 20.0. The molecule has 3 fully saturated rings. The molecule has 2 saturated heterocycles. The fraction of sp³-hybridized carbons (Fsp3) is 0.708. The van der Waals surface area contributed by atoms with E-state index >= 15 is 0 Å². The van der Waals surface area contributed by atoms with Crippen molar-refractivity contribution in [1.29, 1.82) is 0 Å². The van der Waals surface area contributed by atoms with E-state index in [9.17, 15) is 4.79 Å². The number of carbonyl (C=O) groups excluding carboxylic acids is 1. The molecule has 3 aliphatic rings. The lowest BCUT2D eigenvalue weighted by Crippen LogP contribution is -2.39. The predicted octanol–water partition coefficient (Wildman–Crippen LogP) is 4.81. The lowest BCUT2D eigenvalue weighted by atomic mass is 9.86. The molecule has 0 bridgehead atoms. The monoisotopic (exact) mass is 410 g/mol. The predicted molar refractivity (Wildman–Crippen MR) is 116 cm³/mol. The zero-order chi connectivity index (χ0) is 20.3. The van der Waals surface area contributed by atoms with Gasteiger partial charge in [0.25, 0.3) is 0 Å². The van der Waals surface area contributed by atoms with Crippen molar-refractivity contribution < 1.29 is 9.53 Å². The first-order valence-electron chi connectivity index (χ1n) is 12.0. The minimum atomic E-state index is 0.0781. The molecular weight excluding hydrogens is 376 g/mol. The van der Waals surface area contributed by atoms with Gasteiger partial charge in [0.15, 0.2) is 5.65 Å². The Morgan fingerprint density at radius 3 is 2.67 bits per heavy atom. The van der Waals surface area contributed by atoms with Crippen LogP contribution in [-0.2, 0) is 9.53 Å². The SMILES string of the molecule is O=C(CCC1CCCCC1)N1CCC(n2c(C3CCCO3)nc3cccnc32)CC1. The van der Waals surface area contributed by atoms with Gasteiger partial charge in [0, 0.05) is 38.4 Å². The third-order valence-electron chi connectivity index (χ3n) is 7.37. The van der Waals surface area contributed by atoms with Crippen LogP contribution < -0.4 is 0 Å². The number of ether oxygens (including phenoxy) is 1. The minimum Gasteiger partial charge on any atom is -0.370 e. The molecule has 4 heterocycles. The molecule has 0 N–H and O–H groups in total. The van der Waals surface area contributed by atoms with E-state index in [0.717, 1.165) is 81.1 Å². The second kappa shape index (κ2) is 9.04. The van der Waals surface area contributed by atoms with Gasteiger partial charge in [-0.25, -0.2) is 9.97 Å². The number of piperidine rings is 1. The maximum Gasteiger partial charge on any atom is 0.222 e. The first-order valence-corrected chi connectivity index (χ1v) is 12.0. The number of nitrogens with zero attached hydrogens (tertiary/aromatic N) is 4. The zero-order valence-electron chi connectivity index (χ0n) is 18.0. The van der Waals surface area contributed by atoms with Crippen molar-refractivity contribution in [2.24, 2.45) is 5.92 Å². The number of aromatic nitrogens is 3. The fourth-order valence-corrected chi connectivity index (χ4v) is 5.65. The van der Waals surface area contributed by atoms with Gasteiger partial charge in [0.2, 0.25) is 5.91 Å². The van der Waals surface area contributed by atoms with E-state index in [-0.39, 0.29) is 6.10 Å². The molecule has 2 aliphatic heterocycles. The fourth-order valence-electron chi connectivity index (χ4n) is 5.65. The van der Waals surface area contributed by atoms with Gasteiger partial charge < -0.3 is 14.2 Å². The van der Waals surface area contributed by atoms with Crippen molar-refractivity contribution >= 4 is 17.1 Å². The van der Waals surface area contributed by atoms with E-state index in [1.54, 1.807) is 0 Å². The molecule has 162 valence electrons. The summed E-state index contributed by atoms with van der Waals surface area (Å²) in [6.45, 7) is 2.49. The molecule has 2 aromatic rings. The first-order chi connectivity index (χ1) is 14.8. The third-order valence-corrected chi connectivity index (χ3v) is 7.37. The molecule has 6 heteroatoms. The number of rotatable bonds is 5. The van der Waals surface area contributed by atoms with Gasteiger partial charge in [-0.15, -0.1) is 0 Å². The Bertz CT molecular complexity index is 859. The lowest BCUT2D eigenvalue weighted by Gasteiger charge is -2.34. The molecule has 0 aromatic carbocycles. The number of hydrogen-bond donors (Lipinski definition) is 0. The summed E-state index contributed by atoms with van der Waals surface area (Å²) in [6, 6.07) is 4.33. The van der Waals surface area contributed by atoms with Crippen molar-refractivity contribution in [2.75, 3.05) is 19.7 Å². The van der Waals surface area contributed by atoms with Crippen LogP contribution in [0.4, 0.5) is 0 Å². The number of carbonyl (C=O) groups is 1. The second-order valence-electron chi connectivity index (χ2n) is 9.34. The number of amides is 1. The van der Waals surface area contributed by atoms with Gasteiger partial charge in [-0.05, 0) is 50.2 Å². The quantitative estimate of drug-likeness (QED) is 0.710. The Hall–Kier alpha value is -1.95. The lowest BCUT2D eigenvalue weighted by molar-refractivity contribution is -0.132. The van der Waals surface area contributed by atoms with Crippen LogP contribution in [0.3, 0.4) is 0 Å². The van der Waals surface area contributed by atoms with Gasteiger partial charge in [-0.1, -0.05) is 32.1 Å². The van der Waals surface area contributed by atoms with Gasteiger partial charge in [0.1, 0.15) is 17.4 Å². The maximum absolute atomic E-state index is 12.8. The molecule has 1 amide bonds. The molecule has 2 aromatic heterocycles. The summed E-state index contributed by atoms with van der Waals surface area (Å²) in [7, 11) is 0. The van der Waals surface area contributed by atoms with Crippen molar-refractivity contribution in [3.05, 3.63) is 24.2 Å². The summed E-state index contributed by atoms with van der Waals surface area (Å²) in [5, 5.41) is 0. The van der Waals surface area contributed by atoms with Crippen LogP contribution in [0.1, 0.15) is 88.6 Å². The summed E-state index contributed by atoms with van der Waals surface area (Å²) in [5.41, 5.74) is 1.92. The summed E-state index contributed by atoms with van der Waals surface area (Å²) in [4.78, 5) is 24.4. The molecule has 5 rings (SSSR count). The number of fused-ring (bicyclic) bond motifs is 1. The topological polar surface area (TPSA) is 60.2 Å². The van der Waals surface area contributed by atoms with Crippen LogP contribution >= 0.6 is 0 Å². The molecule has 0 radical (unpaired) electrons. The summed E-state index contributed by atoms with van der Waals surface area (Å²) in [5.74, 6) is 2.16. The van der Waals surface area contributed by atoms with E-state index in [1.807, 2.05) is 18.3 Å². The Morgan fingerprint density at radius 2 is 1.90 bits per heavy atom. The maximum atomic E-state index is 12.8. The molecule has 0 spiro atoms. The average molecular weight is 411 g/mol. The third kappa shape index (κ3) is 4.11. The Labute approximate surface area is 179 Å². The average Bonchev–Trinajstić information content (AvgIpc) is 3.46. The summed E-state index contributed by atoms with van der Waals surface area (Å²) in [6.07, 6.45) is 14.5. The smallest absolute Gasteiger partial charge is 0.222 e. The van der Waals surface area contributed by atoms with Crippen molar-refractivity contribution in [2.45, 2.75) is 82.8 Å². The largest absolute Gasteiger partial charge is 0.370 e. The van der Waals surface area contributed by atoms with Crippen molar-refractivity contribution in [3.63, 3.8) is 0 Å². The van der Waals surface area contributed by atoms with Gasteiger partial charge in [-0.3, -0.25) is 4.79 Å². The Morgan fingerprint density at radius 1 is 1.07 bits per heavy atom. The van der Waals surface area contributed by atoms with Crippen molar-refractivity contribution in [3.8, 4) is 0 Å². The van der Waals surface area contributed by atoms with E-state index in [0.29, 0.717) is 11.9 Å². The van der Waals surface area contributed by atoms with Crippen LogP contribution in [0.5, 0.6) is 0 Å². The van der Waals surface area contributed by atoms with E-state index < -0.39 is 0 Å². The molecule has 1 aliphatic carbocycles. The van der Waals surface area contributed by atoms with E-state index in [2.05, 4.69) is 14.5 Å². The van der Waals surface area contributed by atoms with Crippen LogP contribution in [0.15, 0.2) is 18.3 Å². The molecule has 30 heavy (non-hydrogen) atoms. The van der Waals surface area contributed by atoms with Crippen LogP contribution in [0.25, 0.3) is 11.2 Å². The summed E-state index contributed by atoms with van der Waals surface area (Å²) >= 11 is 0. The molecule has 1 atom stereocenters. The van der Waals surface area contributed by atoms with Crippen LogP contribution in [0.2, 0.25) is 0 Å². The molecule has 6 nitrogen and oxygen atoms in total. The highest BCUT2D eigenvalue weighted by molar-refractivity contribution is 5.76. The number of likely N-dealkylation sites (tertiary alicyclic amines) is 1. The zero-order valence-corrected chi connectivity index (χ0v) is 18.0. The number of pyridine rings is 1. The van der Waals surface area contributed by atoms with Gasteiger partial charge in [0.05, 0.1) is 0 Å². The number of hydrogen-bond acceptors (Lipinski definition) is 4. The standard InChI is InChI=1S/C24H34N4O2/c29-22(11-10-18-6-2-1-3-7-18)27-15-12-19(13-16-27)28-23-20(8-4-14-25-23)26-24(28)21-9-5-17-30-21/h4,8,14,18-19,21H,1-3,5-7,9-13,15-17H2. The Kier molecular flexibility index (Phi) is 6.02. The van der Waals surface area contributed by atoms with Crippen molar-refractivity contribution in [1.82, 2.24) is 19.4 Å². The molecular formula is C24H34N4O2. The Balaban J connectivity index is 1.24. The minimum absolute atomic E-state index is 0.0781. The molecule has 1 saturated carbocycles. The highest BCUT2D eigenvalue weighted by Gasteiger charge is 2.31. The second-order valence-corrected chi connectivity index (χ2v) is 9.34.